The maximum Gasteiger partial charge on any atom is 0.224 e. The van der Waals surface area contributed by atoms with Gasteiger partial charge in [-0.25, -0.2) is 4.98 Å². The molecule has 0 atom stereocenters. The average Bonchev–Trinajstić information content (AvgIpc) is 2.67. The van der Waals surface area contributed by atoms with Crippen LogP contribution in [0.2, 0.25) is 0 Å². The summed E-state index contributed by atoms with van der Waals surface area (Å²) in [6.07, 6.45) is 6.26. The van der Waals surface area contributed by atoms with E-state index in [1.54, 1.807) is 18.6 Å². The predicted octanol–water partition coefficient (Wildman–Crippen LogP) is 3.52. The molecule has 2 heterocycles. The fourth-order valence-electron chi connectivity index (χ4n) is 2.34. The van der Waals surface area contributed by atoms with Crippen LogP contribution in [0.25, 0.3) is 0 Å². The van der Waals surface area contributed by atoms with Gasteiger partial charge in [-0.1, -0.05) is 24.3 Å². The fraction of sp³-hybridized carbons (Fsp3) is 0.150. The second kappa shape index (κ2) is 8.59. The van der Waals surface area contributed by atoms with Crippen molar-refractivity contribution in [3.05, 3.63) is 84.3 Å². The standard InChI is InChI=1S/C20H19N3O2/c24-19(9-8-16-10-13-21-14-11-16)23-15-17-5-4-12-22-20(17)25-18-6-2-1-3-7-18/h1-7,10-14H,8-9,15H2,(H,23,24). The molecule has 0 radical (unpaired) electrons. The van der Waals surface area contributed by atoms with Gasteiger partial charge in [-0.05, 0) is 42.3 Å². The number of nitrogens with one attached hydrogen (secondary N) is 1. The first-order valence-electron chi connectivity index (χ1n) is 8.13. The number of pyridine rings is 2. The molecule has 2 aromatic heterocycles. The van der Waals surface area contributed by atoms with Crippen molar-refractivity contribution in [3.63, 3.8) is 0 Å². The third-order valence-electron chi connectivity index (χ3n) is 3.67. The van der Waals surface area contributed by atoms with E-state index in [1.165, 1.54) is 0 Å². The number of amides is 1. The normalized spacial score (nSPS) is 10.2. The summed E-state index contributed by atoms with van der Waals surface area (Å²) in [5.41, 5.74) is 1.93. The van der Waals surface area contributed by atoms with Crippen LogP contribution in [0.4, 0.5) is 0 Å². The first-order valence-corrected chi connectivity index (χ1v) is 8.13. The van der Waals surface area contributed by atoms with E-state index in [0.717, 1.165) is 11.1 Å². The lowest BCUT2D eigenvalue weighted by Crippen LogP contribution is -2.23. The number of hydrogen-bond acceptors (Lipinski definition) is 4. The zero-order chi connectivity index (χ0) is 17.3. The second-order valence-corrected chi connectivity index (χ2v) is 5.51. The van der Waals surface area contributed by atoms with E-state index in [9.17, 15) is 4.79 Å². The summed E-state index contributed by atoms with van der Waals surface area (Å²) in [6.45, 7) is 0.380. The lowest BCUT2D eigenvalue weighted by Gasteiger charge is -2.11. The number of aromatic nitrogens is 2. The molecule has 0 aliphatic carbocycles. The van der Waals surface area contributed by atoms with Gasteiger partial charge in [0.2, 0.25) is 11.8 Å². The van der Waals surface area contributed by atoms with Gasteiger partial charge in [0, 0.05) is 37.1 Å². The van der Waals surface area contributed by atoms with E-state index < -0.39 is 0 Å². The van der Waals surface area contributed by atoms with E-state index in [4.69, 9.17) is 4.74 Å². The van der Waals surface area contributed by atoms with Crippen LogP contribution < -0.4 is 10.1 Å². The van der Waals surface area contributed by atoms with Crippen molar-refractivity contribution in [3.8, 4) is 11.6 Å². The molecular formula is C20H19N3O2. The molecule has 3 rings (SSSR count). The number of nitrogens with zero attached hydrogens (tertiary/aromatic N) is 2. The highest BCUT2D eigenvalue weighted by Gasteiger charge is 2.08. The Labute approximate surface area is 146 Å². The number of rotatable bonds is 7. The SMILES string of the molecule is O=C(CCc1ccncc1)NCc1cccnc1Oc1ccccc1. The van der Waals surface area contributed by atoms with Gasteiger partial charge in [0.1, 0.15) is 5.75 Å². The number of aryl methyl sites for hydroxylation is 1. The van der Waals surface area contributed by atoms with Crippen LogP contribution in [-0.2, 0) is 17.8 Å². The molecule has 5 heteroatoms. The van der Waals surface area contributed by atoms with Gasteiger partial charge >= 0.3 is 0 Å². The van der Waals surface area contributed by atoms with Crippen molar-refractivity contribution in [2.75, 3.05) is 0 Å². The van der Waals surface area contributed by atoms with Crippen molar-refractivity contribution in [2.45, 2.75) is 19.4 Å². The molecule has 0 bridgehead atoms. The zero-order valence-electron chi connectivity index (χ0n) is 13.8. The van der Waals surface area contributed by atoms with E-state index in [2.05, 4.69) is 15.3 Å². The van der Waals surface area contributed by atoms with Gasteiger partial charge in [-0.2, -0.15) is 0 Å². The van der Waals surface area contributed by atoms with Gasteiger partial charge in [0.25, 0.3) is 0 Å². The summed E-state index contributed by atoms with van der Waals surface area (Å²) in [4.78, 5) is 20.3. The van der Waals surface area contributed by atoms with Crippen LogP contribution >= 0.6 is 0 Å². The lowest BCUT2D eigenvalue weighted by molar-refractivity contribution is -0.121. The third-order valence-corrected chi connectivity index (χ3v) is 3.67. The topological polar surface area (TPSA) is 64.1 Å². The molecule has 5 nitrogen and oxygen atoms in total. The summed E-state index contributed by atoms with van der Waals surface area (Å²) in [5.74, 6) is 1.21. The number of benzene rings is 1. The Hall–Kier alpha value is -3.21. The summed E-state index contributed by atoms with van der Waals surface area (Å²) < 4.78 is 5.80. The molecule has 25 heavy (non-hydrogen) atoms. The lowest BCUT2D eigenvalue weighted by atomic mass is 10.1. The number of carbonyl (C=O) groups is 1. The number of para-hydroxylation sites is 1. The van der Waals surface area contributed by atoms with Crippen LogP contribution in [0.5, 0.6) is 11.6 Å². The van der Waals surface area contributed by atoms with Crippen molar-refractivity contribution in [2.24, 2.45) is 0 Å². The first kappa shape index (κ1) is 16.6. The van der Waals surface area contributed by atoms with E-state index in [1.807, 2.05) is 54.6 Å². The monoisotopic (exact) mass is 333 g/mol. The molecule has 1 aromatic carbocycles. The van der Waals surface area contributed by atoms with Crippen molar-refractivity contribution < 1.29 is 9.53 Å². The van der Waals surface area contributed by atoms with E-state index in [-0.39, 0.29) is 5.91 Å². The molecular weight excluding hydrogens is 314 g/mol. The van der Waals surface area contributed by atoms with Gasteiger partial charge < -0.3 is 10.1 Å². The van der Waals surface area contributed by atoms with Crippen LogP contribution in [0.3, 0.4) is 0 Å². The van der Waals surface area contributed by atoms with Gasteiger partial charge in [-0.15, -0.1) is 0 Å². The Morgan fingerprint density at radius 1 is 0.960 bits per heavy atom. The maximum absolute atomic E-state index is 12.1. The van der Waals surface area contributed by atoms with Crippen LogP contribution in [0.15, 0.2) is 73.2 Å². The number of hydrogen-bond donors (Lipinski definition) is 1. The second-order valence-electron chi connectivity index (χ2n) is 5.51. The molecule has 0 aliphatic rings. The molecule has 3 aromatic rings. The molecule has 126 valence electrons. The highest BCUT2D eigenvalue weighted by atomic mass is 16.5. The van der Waals surface area contributed by atoms with Crippen LogP contribution in [0.1, 0.15) is 17.5 Å². The Morgan fingerprint density at radius 2 is 1.76 bits per heavy atom. The summed E-state index contributed by atoms with van der Waals surface area (Å²) in [7, 11) is 0. The predicted molar refractivity (Wildman–Crippen MR) is 95.2 cm³/mol. The summed E-state index contributed by atoms with van der Waals surface area (Å²) in [5, 5.41) is 2.92. The quantitative estimate of drug-likeness (QED) is 0.718. The minimum atomic E-state index is -0.00803. The number of ether oxygens (including phenoxy) is 1. The third kappa shape index (κ3) is 5.14. The number of carbonyl (C=O) groups excluding carboxylic acids is 1. The minimum absolute atomic E-state index is 0.00803. The highest BCUT2D eigenvalue weighted by Crippen LogP contribution is 2.22. The fourth-order valence-corrected chi connectivity index (χ4v) is 2.34. The van der Waals surface area contributed by atoms with E-state index in [0.29, 0.717) is 31.0 Å². The molecule has 0 saturated heterocycles. The smallest absolute Gasteiger partial charge is 0.224 e. The Kier molecular flexibility index (Phi) is 5.72. The molecule has 1 N–H and O–H groups in total. The van der Waals surface area contributed by atoms with Crippen molar-refractivity contribution >= 4 is 5.91 Å². The zero-order valence-corrected chi connectivity index (χ0v) is 13.8. The summed E-state index contributed by atoms with van der Waals surface area (Å²) >= 11 is 0. The first-order chi connectivity index (χ1) is 12.3. The molecule has 0 saturated carbocycles. The summed E-state index contributed by atoms with van der Waals surface area (Å²) in [6, 6.07) is 17.0. The Balaban J connectivity index is 1.55. The molecule has 0 spiro atoms. The van der Waals surface area contributed by atoms with Gasteiger partial charge in [0.05, 0.1) is 0 Å². The van der Waals surface area contributed by atoms with Crippen molar-refractivity contribution in [1.82, 2.24) is 15.3 Å². The maximum atomic E-state index is 12.1. The largest absolute Gasteiger partial charge is 0.439 e. The molecule has 0 fully saturated rings. The molecule has 0 unspecified atom stereocenters. The van der Waals surface area contributed by atoms with Gasteiger partial charge in [-0.3, -0.25) is 9.78 Å². The van der Waals surface area contributed by atoms with Crippen LogP contribution in [0, 0.1) is 0 Å². The van der Waals surface area contributed by atoms with Crippen LogP contribution in [-0.4, -0.2) is 15.9 Å². The molecule has 1 amide bonds. The van der Waals surface area contributed by atoms with E-state index >= 15 is 0 Å². The Morgan fingerprint density at radius 3 is 2.56 bits per heavy atom. The van der Waals surface area contributed by atoms with Gasteiger partial charge in [0.15, 0.2) is 0 Å². The molecule has 0 aliphatic heterocycles. The van der Waals surface area contributed by atoms with Crippen molar-refractivity contribution in [1.29, 1.82) is 0 Å². The highest BCUT2D eigenvalue weighted by molar-refractivity contribution is 5.76. The Bertz CT molecular complexity index is 807. The average molecular weight is 333 g/mol. The minimum Gasteiger partial charge on any atom is -0.439 e.